The van der Waals surface area contributed by atoms with Crippen LogP contribution in [0.3, 0.4) is 0 Å². The molecule has 0 bridgehead atoms. The molecule has 0 unspecified atom stereocenters. The van der Waals surface area contributed by atoms with Crippen molar-refractivity contribution in [2.24, 2.45) is 0 Å². The van der Waals surface area contributed by atoms with E-state index in [1.54, 1.807) is 113 Å². The summed E-state index contributed by atoms with van der Waals surface area (Å²) in [7, 11) is -2.60. The van der Waals surface area contributed by atoms with Gasteiger partial charge in [0.1, 0.15) is 34.9 Å². The number of hydrogen-bond acceptors (Lipinski definition) is 1. The number of pyridine rings is 1. The summed E-state index contributed by atoms with van der Waals surface area (Å²) in [5, 5.41) is 8.31. The normalized spacial score (nSPS) is 10.6. The number of hydrogen-bond donors (Lipinski definition) is 0. The van der Waals surface area contributed by atoms with Crippen LogP contribution < -0.4 is 47.9 Å². The predicted octanol–water partition coefficient (Wildman–Crippen LogP) is 13.9. The summed E-state index contributed by atoms with van der Waals surface area (Å²) in [5.41, 5.74) is 7.70. The van der Waals surface area contributed by atoms with Crippen LogP contribution in [0.15, 0.2) is 200 Å². The van der Waals surface area contributed by atoms with Crippen LogP contribution in [0.4, 0.5) is 26.3 Å². The van der Waals surface area contributed by atoms with Gasteiger partial charge < -0.3 is 0 Å². The van der Waals surface area contributed by atoms with Gasteiger partial charge in [0.2, 0.25) is 0 Å². The third-order valence-corrected chi connectivity index (χ3v) is 17.7. The Morgan fingerprint density at radius 2 is 0.500 bits per heavy atom. The Hall–Kier alpha value is -3.72. The van der Waals surface area contributed by atoms with Gasteiger partial charge in [0.25, 0.3) is 0 Å². The van der Waals surface area contributed by atoms with Gasteiger partial charge >= 0.3 is 66.2 Å². The molecule has 0 radical (unpaired) electrons. The Kier molecular flexibility index (Phi) is 24.6. The van der Waals surface area contributed by atoms with Crippen LogP contribution in [0, 0.1) is 69.5 Å². The van der Waals surface area contributed by atoms with Gasteiger partial charge in [-0.25, -0.2) is 26.3 Å². The quantitative estimate of drug-likeness (QED) is 0.0607. The summed E-state index contributed by atoms with van der Waals surface area (Å²) < 4.78 is 79.0. The van der Waals surface area contributed by atoms with Crippen LogP contribution in [0.25, 0.3) is 0 Å². The molecule has 1 heterocycles. The molecule has 0 saturated heterocycles. The van der Waals surface area contributed by atoms with Crippen LogP contribution in [-0.2, 0) is 25.5 Å². The van der Waals surface area contributed by atoms with Crippen molar-refractivity contribution in [2.75, 3.05) is 0 Å². The van der Waals surface area contributed by atoms with Crippen molar-refractivity contribution in [3.05, 3.63) is 263 Å². The first-order chi connectivity index (χ1) is 34.7. The molecule has 0 spiro atoms. The zero-order valence-electron chi connectivity index (χ0n) is 39.5. The Balaban J connectivity index is 0.000000194. The predicted molar refractivity (Wildman–Crippen MR) is 305 cm³/mol. The number of benzene rings is 8. The number of nitrogens with zero attached hydrogens (tertiary/aromatic N) is 1. The monoisotopic (exact) mass is 1340 g/mol. The molecule has 0 aliphatic carbocycles. The summed E-state index contributed by atoms with van der Waals surface area (Å²) in [6.07, 6.45) is 1.94. The summed E-state index contributed by atoms with van der Waals surface area (Å²) in [5.74, 6) is -1.85. The molecule has 378 valence electrons. The van der Waals surface area contributed by atoms with Crippen molar-refractivity contribution < 1.29 is 51.9 Å². The Morgan fingerprint density at radius 1 is 0.278 bits per heavy atom. The first-order valence-electron chi connectivity index (χ1n) is 21.9. The second-order valence-corrected chi connectivity index (χ2v) is 22.8. The van der Waals surface area contributed by atoms with Gasteiger partial charge in [-0.1, -0.05) is 131 Å². The molecule has 1 nitrogen and oxygen atoms in total. The van der Waals surface area contributed by atoms with Crippen LogP contribution >= 0.6 is 64.5 Å². The number of rotatable bonds is 9. The van der Waals surface area contributed by atoms with Gasteiger partial charge in [-0.2, -0.15) is 0 Å². The van der Waals surface area contributed by atoms with Gasteiger partial charge in [0.05, 0.1) is 5.44 Å². The van der Waals surface area contributed by atoms with E-state index in [1.165, 1.54) is 117 Å². The SMILES string of the molecule is Cc1cc(C)cc(P(c2cc(C)cc(C)c2)c2cc(C)ccn2)c1.Fc1ccc(P(c2ccc(F)cc2)c2ccc(F)cc2)cc1.Fc1ccc(P(c2ccc(F)cc2)c2ccc(F)cc2)cc1.[Cu][I].[Cu][I]. The van der Waals surface area contributed by atoms with Crippen molar-refractivity contribution >= 4 is 112 Å². The summed E-state index contributed by atoms with van der Waals surface area (Å²) >= 11 is 11.7. The van der Waals surface area contributed by atoms with Crippen molar-refractivity contribution in [3.63, 3.8) is 0 Å². The summed E-state index contributed by atoms with van der Waals surface area (Å²) in [6, 6.07) is 55.5. The van der Waals surface area contributed by atoms with Crippen LogP contribution in [0.1, 0.15) is 27.8 Å². The van der Waals surface area contributed by atoms with E-state index >= 15 is 0 Å². The average Bonchev–Trinajstić information content (AvgIpc) is 3.36. The molecule has 9 aromatic rings. The van der Waals surface area contributed by atoms with Gasteiger partial charge in [0.15, 0.2) is 0 Å². The van der Waals surface area contributed by atoms with E-state index in [0.717, 1.165) is 31.8 Å². The molecule has 1 aromatic heterocycles. The molecular weight excluding hydrogens is 1300 g/mol. The zero-order chi connectivity index (χ0) is 52.3. The van der Waals surface area contributed by atoms with Crippen molar-refractivity contribution in [2.45, 2.75) is 34.6 Å². The molecule has 0 atom stereocenters. The maximum absolute atomic E-state index is 13.2. The van der Waals surface area contributed by atoms with E-state index in [1.807, 2.05) is 6.20 Å². The Labute approximate surface area is 462 Å². The van der Waals surface area contributed by atoms with Gasteiger partial charge in [-0.3, -0.25) is 4.98 Å². The van der Waals surface area contributed by atoms with Crippen LogP contribution in [0.5, 0.6) is 0 Å². The van der Waals surface area contributed by atoms with E-state index in [2.05, 4.69) is 109 Å². The second kappa shape index (κ2) is 30.0. The average molecular weight is 1350 g/mol. The molecule has 0 aliphatic rings. The van der Waals surface area contributed by atoms with E-state index in [4.69, 9.17) is 4.98 Å². The minimum absolute atomic E-state index is 0.308. The fourth-order valence-electron chi connectivity index (χ4n) is 7.65. The topological polar surface area (TPSA) is 12.9 Å². The van der Waals surface area contributed by atoms with Crippen molar-refractivity contribution in [1.29, 1.82) is 0 Å². The first kappa shape index (κ1) is 59.2. The third-order valence-electron chi connectivity index (χ3n) is 10.6. The minimum atomic E-state index is -0.983. The summed E-state index contributed by atoms with van der Waals surface area (Å²) in [6.45, 7) is 10.8. The standard InChI is InChI=1S/C22H24NP.2C18H12F3P.2Cu.2HI/c1-15-6-7-23-22(14-15)24(20-10-16(2)8-17(3)11-20)21-12-18(4)9-19(5)13-21;2*19-13-1-7-16(8-2-13)22(17-9-3-14(20)4-10-17)18-11-5-15(21)6-12-18;;;;/h6-14H,1-5H3;2*1-12H;;;2*1H/q;;;2*+1;;/p-2. The molecule has 8 aromatic carbocycles. The fraction of sp³-hybridized carbons (Fsp3) is 0.0862. The number of halogens is 8. The molecule has 9 rings (SSSR count). The van der Waals surface area contributed by atoms with Crippen molar-refractivity contribution in [1.82, 2.24) is 4.98 Å². The third kappa shape index (κ3) is 17.7. The second-order valence-electron chi connectivity index (χ2n) is 16.2. The number of aryl methyl sites for hydroxylation is 5. The molecule has 0 aliphatic heterocycles. The van der Waals surface area contributed by atoms with Gasteiger partial charge in [0, 0.05) is 14.1 Å². The molecule has 14 heteroatoms. The zero-order valence-corrected chi connectivity index (χ0v) is 48.3. The van der Waals surface area contributed by atoms with Crippen molar-refractivity contribution in [3.8, 4) is 0 Å². The van der Waals surface area contributed by atoms with Crippen LogP contribution in [0.2, 0.25) is 0 Å². The Bertz CT molecular complexity index is 2640. The maximum atomic E-state index is 13.2. The van der Waals surface area contributed by atoms with E-state index in [9.17, 15) is 26.3 Å². The molecule has 0 N–H and O–H groups in total. The number of aromatic nitrogens is 1. The van der Waals surface area contributed by atoms with E-state index in [-0.39, 0.29) is 34.9 Å². The van der Waals surface area contributed by atoms with E-state index < -0.39 is 23.8 Å². The van der Waals surface area contributed by atoms with Gasteiger partial charge in [-0.05, 0) is 183 Å². The fourth-order valence-corrected chi connectivity index (χ4v) is 14.8. The van der Waals surface area contributed by atoms with Crippen LogP contribution in [-0.4, -0.2) is 4.98 Å². The molecule has 0 amide bonds. The molecule has 0 saturated carbocycles. The molecule has 72 heavy (non-hydrogen) atoms. The first-order valence-corrected chi connectivity index (χ1v) is 32.0. The molecular formula is C58H48Cu2F6I2NP3. The Morgan fingerprint density at radius 3 is 0.708 bits per heavy atom. The molecule has 0 fully saturated rings. The summed E-state index contributed by atoms with van der Waals surface area (Å²) in [4.78, 5) is 4.74. The van der Waals surface area contributed by atoms with Gasteiger partial charge in [-0.15, -0.1) is 0 Å². The van der Waals surface area contributed by atoms with E-state index in [0.29, 0.717) is 0 Å².